The molecular weight excluding hydrogens is 432 g/mol. The predicted molar refractivity (Wildman–Crippen MR) is 141 cm³/mol. The number of fused-ring (bicyclic) bond motifs is 2. The van der Waals surface area contributed by atoms with E-state index in [0.29, 0.717) is 11.7 Å². The highest BCUT2D eigenvalue weighted by Crippen LogP contribution is 2.46. The zero-order chi connectivity index (χ0) is 23.4. The van der Waals surface area contributed by atoms with E-state index in [2.05, 4.69) is 62.3 Å². The van der Waals surface area contributed by atoms with Crippen LogP contribution in [-0.4, -0.2) is 44.5 Å². The number of nitrogens with zero attached hydrogens (tertiary/aromatic N) is 4. The number of H-pyrrole nitrogens is 1. The predicted octanol–water partition coefficient (Wildman–Crippen LogP) is 5.62. The molecule has 6 nitrogen and oxygen atoms in total. The first kappa shape index (κ1) is 20.6. The lowest BCUT2D eigenvalue weighted by Gasteiger charge is -2.41. The third kappa shape index (κ3) is 3.56. The number of rotatable bonds is 5. The Kier molecular flexibility index (Phi) is 4.81. The van der Waals surface area contributed by atoms with Crippen LogP contribution in [0.5, 0.6) is 0 Å². The molecule has 4 heterocycles. The molecule has 1 saturated carbocycles. The van der Waals surface area contributed by atoms with Gasteiger partial charge in [0.05, 0.1) is 27.8 Å². The molecule has 0 radical (unpaired) electrons. The molecule has 2 aliphatic rings. The van der Waals surface area contributed by atoms with E-state index in [1.807, 2.05) is 18.2 Å². The van der Waals surface area contributed by atoms with Crippen molar-refractivity contribution in [3.63, 3.8) is 0 Å². The van der Waals surface area contributed by atoms with Crippen molar-refractivity contribution >= 4 is 27.6 Å². The Morgan fingerprint density at radius 1 is 0.943 bits per heavy atom. The van der Waals surface area contributed by atoms with Gasteiger partial charge in [0.25, 0.3) is 0 Å². The summed E-state index contributed by atoms with van der Waals surface area (Å²) in [7, 11) is 0. The third-order valence-corrected chi connectivity index (χ3v) is 7.80. The van der Waals surface area contributed by atoms with Crippen LogP contribution in [0, 0.1) is 5.92 Å². The molecule has 0 bridgehead atoms. The van der Waals surface area contributed by atoms with E-state index in [1.54, 1.807) is 6.33 Å². The van der Waals surface area contributed by atoms with E-state index in [0.717, 1.165) is 50.2 Å². The highest BCUT2D eigenvalue weighted by molar-refractivity contribution is 6.03. The van der Waals surface area contributed by atoms with E-state index in [1.165, 1.54) is 44.6 Å². The lowest BCUT2D eigenvalue weighted by atomic mass is 9.72. The molecule has 174 valence electrons. The van der Waals surface area contributed by atoms with E-state index in [4.69, 9.17) is 10.7 Å². The summed E-state index contributed by atoms with van der Waals surface area (Å²) in [6, 6.07) is 20.9. The van der Waals surface area contributed by atoms with E-state index < -0.39 is 0 Å². The number of anilines is 1. The van der Waals surface area contributed by atoms with Gasteiger partial charge in [-0.15, -0.1) is 0 Å². The quantitative estimate of drug-likeness (QED) is 0.356. The number of nitrogens with two attached hydrogens (primary N) is 1. The smallest absolute Gasteiger partial charge is 0.136 e. The molecule has 0 amide bonds. The summed E-state index contributed by atoms with van der Waals surface area (Å²) >= 11 is 0. The fourth-order valence-electron chi connectivity index (χ4n) is 5.71. The molecule has 2 fully saturated rings. The summed E-state index contributed by atoms with van der Waals surface area (Å²) in [6.07, 6.45) is 5.35. The molecule has 0 spiro atoms. The van der Waals surface area contributed by atoms with Crippen molar-refractivity contribution in [2.75, 3.05) is 25.4 Å². The number of likely N-dealkylation sites (tertiary alicyclic amines) is 1. The second-order valence-corrected chi connectivity index (χ2v) is 10.1. The van der Waals surface area contributed by atoms with Crippen LogP contribution in [0.4, 0.5) is 5.82 Å². The number of aromatic nitrogens is 4. The van der Waals surface area contributed by atoms with Crippen molar-refractivity contribution in [3.05, 3.63) is 72.7 Å². The molecule has 7 rings (SSSR count). The summed E-state index contributed by atoms with van der Waals surface area (Å²) in [6.45, 7) is 3.77. The van der Waals surface area contributed by atoms with Gasteiger partial charge in [-0.05, 0) is 50.4 Å². The normalized spacial score (nSPS) is 20.1. The van der Waals surface area contributed by atoms with E-state index in [-0.39, 0.29) is 0 Å². The molecule has 0 unspecified atom stereocenters. The maximum atomic E-state index is 6.41. The zero-order valence-electron chi connectivity index (χ0n) is 19.6. The van der Waals surface area contributed by atoms with Gasteiger partial charge in [0.2, 0.25) is 0 Å². The lowest BCUT2D eigenvalue weighted by molar-refractivity contribution is 0.109. The summed E-state index contributed by atoms with van der Waals surface area (Å²) in [4.78, 5) is 20.3. The Hall–Kier alpha value is -3.77. The zero-order valence-corrected chi connectivity index (χ0v) is 19.6. The van der Waals surface area contributed by atoms with Crippen molar-refractivity contribution in [2.45, 2.75) is 25.2 Å². The minimum Gasteiger partial charge on any atom is -0.383 e. The van der Waals surface area contributed by atoms with Crippen LogP contribution in [0.15, 0.2) is 67.0 Å². The van der Waals surface area contributed by atoms with Gasteiger partial charge in [0.15, 0.2) is 0 Å². The molecule has 3 N–H and O–H groups in total. The van der Waals surface area contributed by atoms with Crippen LogP contribution in [0.1, 0.15) is 30.9 Å². The standard InChI is InChI=1S/C29H28N6/c30-29-25-26(21-8-7-20-9-10-23(33-24(20)15-21)19-5-2-1-3-6-19)34-27(28(25)31-17-32-29)22-13-18(14-22)16-35-11-4-12-35/h1-3,5-10,15,17-18,22,34H,4,11-14,16H2,(H2,30,31,32). The van der Waals surface area contributed by atoms with Crippen LogP contribution in [0.25, 0.3) is 44.3 Å². The fraction of sp³-hybridized carbons (Fsp3) is 0.276. The molecule has 1 saturated heterocycles. The second-order valence-electron chi connectivity index (χ2n) is 10.1. The summed E-state index contributed by atoms with van der Waals surface area (Å²) in [5.74, 6) is 1.80. The van der Waals surface area contributed by atoms with Gasteiger partial charge in [0.1, 0.15) is 12.1 Å². The molecule has 5 aromatic rings. The Bertz CT molecular complexity index is 1530. The van der Waals surface area contributed by atoms with Crippen molar-refractivity contribution < 1.29 is 0 Å². The molecule has 1 aliphatic carbocycles. The third-order valence-electron chi connectivity index (χ3n) is 7.80. The molecule has 2 aromatic carbocycles. The SMILES string of the molecule is Nc1ncnc2c(C3CC(CN4CCC4)C3)[nH]c(-c3ccc4ccc(-c5ccccc5)nc4c3)c12. The maximum absolute atomic E-state index is 6.41. The first-order chi connectivity index (χ1) is 17.2. The summed E-state index contributed by atoms with van der Waals surface area (Å²) < 4.78 is 0. The Labute approximate surface area is 204 Å². The minimum absolute atomic E-state index is 0.495. The highest BCUT2D eigenvalue weighted by Gasteiger charge is 2.35. The number of nitrogen functional groups attached to an aromatic ring is 1. The van der Waals surface area contributed by atoms with Crippen molar-refractivity contribution in [2.24, 2.45) is 5.92 Å². The van der Waals surface area contributed by atoms with E-state index >= 15 is 0 Å². The van der Waals surface area contributed by atoms with Gasteiger partial charge in [0, 0.05) is 34.7 Å². The number of aromatic amines is 1. The van der Waals surface area contributed by atoms with Gasteiger partial charge in [-0.25, -0.2) is 15.0 Å². The number of hydrogen-bond donors (Lipinski definition) is 2. The van der Waals surface area contributed by atoms with Gasteiger partial charge >= 0.3 is 0 Å². The number of hydrogen-bond acceptors (Lipinski definition) is 5. The molecule has 0 atom stereocenters. The molecular formula is C29H28N6. The Morgan fingerprint density at radius 3 is 2.57 bits per heavy atom. The minimum atomic E-state index is 0.495. The van der Waals surface area contributed by atoms with Gasteiger partial charge in [-0.2, -0.15) is 0 Å². The topological polar surface area (TPSA) is 83.7 Å². The van der Waals surface area contributed by atoms with Crippen LogP contribution in [0.2, 0.25) is 0 Å². The van der Waals surface area contributed by atoms with Gasteiger partial charge in [-0.1, -0.05) is 48.5 Å². The maximum Gasteiger partial charge on any atom is 0.136 e. The average Bonchev–Trinajstić information content (AvgIpc) is 3.22. The van der Waals surface area contributed by atoms with Crippen LogP contribution in [-0.2, 0) is 0 Å². The van der Waals surface area contributed by atoms with Crippen molar-refractivity contribution in [1.29, 1.82) is 0 Å². The fourth-order valence-corrected chi connectivity index (χ4v) is 5.71. The number of nitrogens with one attached hydrogen (secondary N) is 1. The largest absolute Gasteiger partial charge is 0.383 e. The van der Waals surface area contributed by atoms with Crippen molar-refractivity contribution in [1.82, 2.24) is 24.8 Å². The average molecular weight is 461 g/mol. The summed E-state index contributed by atoms with van der Waals surface area (Å²) in [5.41, 5.74) is 13.7. The molecule has 1 aliphatic heterocycles. The molecule has 6 heteroatoms. The summed E-state index contributed by atoms with van der Waals surface area (Å²) in [5, 5.41) is 2.04. The van der Waals surface area contributed by atoms with Crippen LogP contribution in [0.3, 0.4) is 0 Å². The monoisotopic (exact) mass is 460 g/mol. The van der Waals surface area contributed by atoms with Crippen LogP contribution >= 0.6 is 0 Å². The number of benzene rings is 2. The van der Waals surface area contributed by atoms with Crippen molar-refractivity contribution in [3.8, 4) is 22.5 Å². The van der Waals surface area contributed by atoms with Crippen LogP contribution < -0.4 is 5.73 Å². The van der Waals surface area contributed by atoms with Gasteiger partial charge in [-0.3, -0.25) is 0 Å². The molecule has 3 aromatic heterocycles. The molecule has 35 heavy (non-hydrogen) atoms. The van der Waals surface area contributed by atoms with E-state index in [9.17, 15) is 0 Å². The lowest BCUT2D eigenvalue weighted by Crippen LogP contribution is -2.43. The van der Waals surface area contributed by atoms with Gasteiger partial charge < -0.3 is 15.6 Å². The number of pyridine rings is 1. The second kappa shape index (κ2) is 8.17. The first-order valence-electron chi connectivity index (χ1n) is 12.5. The Morgan fingerprint density at radius 2 is 1.77 bits per heavy atom. The highest BCUT2D eigenvalue weighted by atomic mass is 15.2. The first-order valence-corrected chi connectivity index (χ1v) is 12.5. The Balaban J connectivity index is 1.27.